The van der Waals surface area contributed by atoms with Crippen molar-refractivity contribution in [2.24, 2.45) is 0 Å². The fourth-order valence-corrected chi connectivity index (χ4v) is 2.16. The molecule has 0 aromatic heterocycles. The Morgan fingerprint density at radius 2 is 1.71 bits per heavy atom. The van der Waals surface area contributed by atoms with Crippen molar-refractivity contribution in [2.45, 2.75) is 37.8 Å². The van der Waals surface area contributed by atoms with Gasteiger partial charge >= 0.3 is 12.4 Å². The third-order valence-corrected chi connectivity index (χ3v) is 3.24. The molecule has 0 heterocycles. The second-order valence-corrected chi connectivity index (χ2v) is 4.97. The molecule has 1 aromatic carbocycles. The van der Waals surface area contributed by atoms with Crippen molar-refractivity contribution in [3.63, 3.8) is 0 Å². The summed E-state index contributed by atoms with van der Waals surface area (Å²) in [5.74, 6) is 0. The van der Waals surface area contributed by atoms with Crippen molar-refractivity contribution in [3.05, 3.63) is 29.3 Å². The van der Waals surface area contributed by atoms with Gasteiger partial charge in [0.15, 0.2) is 0 Å². The number of nitrogens with zero attached hydrogens (tertiary/aromatic N) is 1. The van der Waals surface area contributed by atoms with Gasteiger partial charge < -0.3 is 10.0 Å². The van der Waals surface area contributed by atoms with Gasteiger partial charge in [-0.3, -0.25) is 0 Å². The number of anilines is 1. The van der Waals surface area contributed by atoms with Gasteiger partial charge in [0, 0.05) is 11.7 Å². The molecule has 0 radical (unpaired) electrons. The molecule has 0 saturated heterocycles. The van der Waals surface area contributed by atoms with Gasteiger partial charge in [0.1, 0.15) is 6.54 Å². The highest BCUT2D eigenvalue weighted by atomic mass is 19.4. The standard InChI is InChI=1S/C13H13F6NO/c14-12(15,16)7-20(9-3-4-9)10-2-1-8(6-21)11(5-10)13(17,18)19/h1-2,5,9,21H,3-4,6-7H2. The minimum Gasteiger partial charge on any atom is -0.392 e. The molecular formula is C13H13F6NO. The Balaban J connectivity index is 2.37. The summed E-state index contributed by atoms with van der Waals surface area (Å²) in [5, 5.41) is 8.93. The zero-order valence-corrected chi connectivity index (χ0v) is 10.8. The normalized spacial score (nSPS) is 16.1. The summed E-state index contributed by atoms with van der Waals surface area (Å²) in [6, 6.07) is 2.50. The average molecular weight is 313 g/mol. The van der Waals surface area contributed by atoms with Crippen LogP contribution in [-0.2, 0) is 12.8 Å². The van der Waals surface area contributed by atoms with Crippen LogP contribution in [0.3, 0.4) is 0 Å². The van der Waals surface area contributed by atoms with Crippen LogP contribution in [0.2, 0.25) is 0 Å². The van der Waals surface area contributed by atoms with Gasteiger partial charge in [-0.1, -0.05) is 6.07 Å². The van der Waals surface area contributed by atoms with Crippen molar-refractivity contribution < 1.29 is 31.4 Å². The maximum absolute atomic E-state index is 12.9. The number of hydrogen-bond acceptors (Lipinski definition) is 2. The van der Waals surface area contributed by atoms with Crippen LogP contribution in [0.15, 0.2) is 18.2 Å². The third-order valence-electron chi connectivity index (χ3n) is 3.24. The number of aliphatic hydroxyl groups is 1. The number of alkyl halides is 6. The molecule has 1 fully saturated rings. The first-order valence-corrected chi connectivity index (χ1v) is 6.26. The van der Waals surface area contributed by atoms with Crippen molar-refractivity contribution in [1.29, 1.82) is 0 Å². The minimum absolute atomic E-state index is 0.126. The van der Waals surface area contributed by atoms with E-state index in [1.165, 1.54) is 6.07 Å². The predicted octanol–water partition coefficient (Wildman–Crippen LogP) is 3.73. The second-order valence-electron chi connectivity index (χ2n) is 4.97. The zero-order valence-electron chi connectivity index (χ0n) is 10.8. The van der Waals surface area contributed by atoms with E-state index in [1.54, 1.807) is 0 Å². The van der Waals surface area contributed by atoms with Crippen LogP contribution in [-0.4, -0.2) is 23.9 Å². The molecule has 1 aromatic rings. The summed E-state index contributed by atoms with van der Waals surface area (Å²) in [4.78, 5) is 0.941. The Bertz CT molecular complexity index is 506. The molecule has 1 aliphatic carbocycles. The van der Waals surface area contributed by atoms with Crippen molar-refractivity contribution in [2.75, 3.05) is 11.4 Å². The molecule has 21 heavy (non-hydrogen) atoms. The van der Waals surface area contributed by atoms with Gasteiger partial charge in [-0.25, -0.2) is 0 Å². The lowest BCUT2D eigenvalue weighted by Gasteiger charge is -2.27. The molecule has 118 valence electrons. The van der Waals surface area contributed by atoms with Gasteiger partial charge in [0.2, 0.25) is 0 Å². The van der Waals surface area contributed by atoms with E-state index < -0.39 is 31.1 Å². The summed E-state index contributed by atoms with van der Waals surface area (Å²) >= 11 is 0. The van der Waals surface area contributed by atoms with Crippen LogP contribution in [0.25, 0.3) is 0 Å². The monoisotopic (exact) mass is 313 g/mol. The number of rotatable bonds is 4. The van der Waals surface area contributed by atoms with Gasteiger partial charge in [-0.05, 0) is 30.5 Å². The molecule has 0 aliphatic heterocycles. The summed E-state index contributed by atoms with van der Waals surface area (Å²) in [5.41, 5.74) is -1.58. The molecular weight excluding hydrogens is 300 g/mol. The molecule has 2 nitrogen and oxygen atoms in total. The highest BCUT2D eigenvalue weighted by Crippen LogP contribution is 2.39. The molecule has 2 rings (SSSR count). The summed E-state index contributed by atoms with van der Waals surface area (Å²) in [7, 11) is 0. The smallest absolute Gasteiger partial charge is 0.392 e. The lowest BCUT2D eigenvalue weighted by atomic mass is 10.1. The van der Waals surface area contributed by atoms with E-state index in [-0.39, 0.29) is 17.3 Å². The van der Waals surface area contributed by atoms with Crippen LogP contribution in [0.5, 0.6) is 0 Å². The molecule has 0 unspecified atom stereocenters. The maximum atomic E-state index is 12.9. The Morgan fingerprint density at radius 3 is 2.14 bits per heavy atom. The number of benzene rings is 1. The highest BCUT2D eigenvalue weighted by molar-refractivity contribution is 5.53. The Kier molecular flexibility index (Phi) is 4.10. The lowest BCUT2D eigenvalue weighted by molar-refractivity contribution is -0.138. The summed E-state index contributed by atoms with van der Waals surface area (Å²) < 4.78 is 76.3. The number of hydrogen-bond donors (Lipinski definition) is 1. The van der Waals surface area contributed by atoms with E-state index in [0.29, 0.717) is 18.9 Å². The molecule has 0 amide bonds. The Labute approximate surface area is 117 Å². The fraction of sp³-hybridized carbons (Fsp3) is 0.538. The first kappa shape index (κ1) is 15.9. The molecule has 0 spiro atoms. The molecule has 1 N–H and O–H groups in total. The first-order chi connectivity index (χ1) is 9.62. The maximum Gasteiger partial charge on any atom is 0.416 e. The fourth-order valence-electron chi connectivity index (χ4n) is 2.16. The van der Waals surface area contributed by atoms with E-state index in [4.69, 9.17) is 5.11 Å². The number of aliphatic hydroxyl groups excluding tert-OH is 1. The van der Waals surface area contributed by atoms with Gasteiger partial charge in [-0.2, -0.15) is 26.3 Å². The van der Waals surface area contributed by atoms with Crippen molar-refractivity contribution in [1.82, 2.24) is 0 Å². The minimum atomic E-state index is -4.72. The van der Waals surface area contributed by atoms with Gasteiger partial charge in [0.05, 0.1) is 12.2 Å². The molecule has 0 bridgehead atoms. The van der Waals surface area contributed by atoms with Crippen LogP contribution in [0.1, 0.15) is 24.0 Å². The summed E-state index contributed by atoms with van der Waals surface area (Å²) in [6.07, 6.45) is -8.16. The second kappa shape index (κ2) is 5.40. The predicted molar refractivity (Wildman–Crippen MR) is 63.8 cm³/mol. The Hall–Kier alpha value is -1.44. The molecule has 8 heteroatoms. The lowest BCUT2D eigenvalue weighted by Crippen LogP contribution is -2.36. The van der Waals surface area contributed by atoms with Crippen molar-refractivity contribution >= 4 is 5.69 Å². The van der Waals surface area contributed by atoms with E-state index in [9.17, 15) is 26.3 Å². The van der Waals surface area contributed by atoms with Crippen LogP contribution in [0, 0.1) is 0 Å². The SMILES string of the molecule is OCc1ccc(N(CC(F)(F)F)C2CC2)cc1C(F)(F)F. The largest absolute Gasteiger partial charge is 0.416 e. The molecule has 1 aliphatic rings. The van der Waals surface area contributed by atoms with Gasteiger partial charge in [-0.15, -0.1) is 0 Å². The van der Waals surface area contributed by atoms with E-state index in [2.05, 4.69) is 0 Å². The quantitative estimate of drug-likeness (QED) is 0.856. The first-order valence-electron chi connectivity index (χ1n) is 6.26. The topological polar surface area (TPSA) is 23.5 Å². The van der Waals surface area contributed by atoms with E-state index in [0.717, 1.165) is 11.0 Å². The van der Waals surface area contributed by atoms with Crippen LogP contribution < -0.4 is 4.90 Å². The zero-order chi connectivity index (χ0) is 15.8. The average Bonchev–Trinajstić information content (AvgIpc) is 3.17. The van der Waals surface area contributed by atoms with Crippen molar-refractivity contribution in [3.8, 4) is 0 Å². The van der Waals surface area contributed by atoms with E-state index in [1.807, 2.05) is 0 Å². The molecule has 0 atom stereocenters. The van der Waals surface area contributed by atoms with Gasteiger partial charge in [0.25, 0.3) is 0 Å². The van der Waals surface area contributed by atoms with Crippen LogP contribution >= 0.6 is 0 Å². The highest BCUT2D eigenvalue weighted by Gasteiger charge is 2.40. The van der Waals surface area contributed by atoms with Crippen LogP contribution in [0.4, 0.5) is 32.0 Å². The third kappa shape index (κ3) is 4.03. The summed E-state index contributed by atoms with van der Waals surface area (Å²) in [6.45, 7) is -2.11. The van der Waals surface area contributed by atoms with E-state index >= 15 is 0 Å². The Morgan fingerprint density at radius 1 is 1.10 bits per heavy atom. The number of halogens is 6. The molecule has 1 saturated carbocycles.